The van der Waals surface area contributed by atoms with Gasteiger partial charge in [0.05, 0.1) is 18.2 Å². The SMILES string of the molecule is CCOC1CCCN(c2nc(CCC(=O)O)cs2)C1. The second-order valence-electron chi connectivity index (χ2n) is 4.68. The second-order valence-corrected chi connectivity index (χ2v) is 5.52. The number of nitrogens with zero attached hydrogens (tertiary/aromatic N) is 2. The highest BCUT2D eigenvalue weighted by Gasteiger charge is 2.22. The van der Waals surface area contributed by atoms with E-state index in [1.54, 1.807) is 11.3 Å². The van der Waals surface area contributed by atoms with Crippen molar-refractivity contribution < 1.29 is 14.6 Å². The lowest BCUT2D eigenvalue weighted by Crippen LogP contribution is -2.39. The third-order valence-corrected chi connectivity index (χ3v) is 4.14. The first-order valence-corrected chi connectivity index (χ1v) is 7.59. The quantitative estimate of drug-likeness (QED) is 0.867. The minimum atomic E-state index is -0.774. The van der Waals surface area contributed by atoms with Gasteiger partial charge in [0.15, 0.2) is 5.13 Å². The zero-order valence-corrected chi connectivity index (χ0v) is 12.0. The fourth-order valence-electron chi connectivity index (χ4n) is 2.28. The average Bonchev–Trinajstić information content (AvgIpc) is 2.86. The summed E-state index contributed by atoms with van der Waals surface area (Å²) in [6, 6.07) is 0. The van der Waals surface area contributed by atoms with Gasteiger partial charge in [-0.25, -0.2) is 4.98 Å². The third kappa shape index (κ3) is 4.18. The van der Waals surface area contributed by atoms with E-state index in [4.69, 9.17) is 9.84 Å². The maximum Gasteiger partial charge on any atom is 0.303 e. The molecule has 1 aromatic heterocycles. The number of piperidine rings is 1. The Morgan fingerprint density at radius 2 is 2.53 bits per heavy atom. The first-order chi connectivity index (χ1) is 9.19. The van der Waals surface area contributed by atoms with Gasteiger partial charge in [-0.3, -0.25) is 4.79 Å². The highest BCUT2D eigenvalue weighted by molar-refractivity contribution is 7.13. The van der Waals surface area contributed by atoms with Crippen LogP contribution in [0.4, 0.5) is 5.13 Å². The summed E-state index contributed by atoms with van der Waals surface area (Å²) in [6.07, 6.45) is 3.18. The van der Waals surface area contributed by atoms with Gasteiger partial charge in [-0.2, -0.15) is 0 Å². The van der Waals surface area contributed by atoms with Gasteiger partial charge in [-0.1, -0.05) is 0 Å². The molecule has 0 amide bonds. The molecule has 19 heavy (non-hydrogen) atoms. The van der Waals surface area contributed by atoms with Gasteiger partial charge in [0.2, 0.25) is 0 Å². The number of carboxylic acids is 1. The number of rotatable bonds is 6. The van der Waals surface area contributed by atoms with Gasteiger partial charge in [-0.15, -0.1) is 11.3 Å². The first kappa shape index (κ1) is 14.3. The van der Waals surface area contributed by atoms with Crippen molar-refractivity contribution in [1.29, 1.82) is 0 Å². The Morgan fingerprint density at radius 1 is 1.68 bits per heavy atom. The van der Waals surface area contributed by atoms with Gasteiger partial charge < -0.3 is 14.7 Å². The van der Waals surface area contributed by atoms with Crippen LogP contribution in [-0.2, 0) is 16.0 Å². The Bertz CT molecular complexity index is 420. The van der Waals surface area contributed by atoms with Gasteiger partial charge in [0.25, 0.3) is 0 Å². The molecular formula is C13H20N2O3S. The lowest BCUT2D eigenvalue weighted by atomic mass is 10.1. The summed E-state index contributed by atoms with van der Waals surface area (Å²) >= 11 is 1.59. The normalized spacial score (nSPS) is 19.6. The first-order valence-electron chi connectivity index (χ1n) is 6.71. The minimum Gasteiger partial charge on any atom is -0.481 e. The number of aliphatic carboxylic acids is 1. The number of aryl methyl sites for hydroxylation is 1. The predicted octanol–water partition coefficient (Wildman–Crippen LogP) is 2.17. The van der Waals surface area contributed by atoms with E-state index in [0.717, 1.165) is 43.4 Å². The van der Waals surface area contributed by atoms with Gasteiger partial charge in [0, 0.05) is 31.5 Å². The fourth-order valence-corrected chi connectivity index (χ4v) is 3.17. The van der Waals surface area contributed by atoms with Gasteiger partial charge in [-0.05, 0) is 19.8 Å². The van der Waals surface area contributed by atoms with Gasteiger partial charge in [0.1, 0.15) is 0 Å². The lowest BCUT2D eigenvalue weighted by molar-refractivity contribution is -0.136. The highest BCUT2D eigenvalue weighted by atomic mass is 32.1. The summed E-state index contributed by atoms with van der Waals surface area (Å²) in [5.74, 6) is -0.774. The predicted molar refractivity (Wildman–Crippen MR) is 74.9 cm³/mol. The molecule has 106 valence electrons. The molecule has 1 fully saturated rings. The standard InChI is InChI=1S/C13H20N2O3S/c1-2-18-11-4-3-7-15(8-11)13-14-10(9-19-13)5-6-12(16)17/h9,11H,2-8H2,1H3,(H,16,17). The van der Waals surface area contributed by atoms with Crippen LogP contribution in [0.2, 0.25) is 0 Å². The summed E-state index contributed by atoms with van der Waals surface area (Å²) in [7, 11) is 0. The maximum atomic E-state index is 10.5. The van der Waals surface area contributed by atoms with Crippen LogP contribution >= 0.6 is 11.3 Å². The molecule has 0 aromatic carbocycles. The van der Waals surface area contributed by atoms with E-state index < -0.39 is 5.97 Å². The van der Waals surface area contributed by atoms with Crippen molar-refractivity contribution in [3.63, 3.8) is 0 Å². The van der Waals surface area contributed by atoms with Crippen molar-refractivity contribution in [2.75, 3.05) is 24.6 Å². The van der Waals surface area contributed by atoms with E-state index in [2.05, 4.69) is 9.88 Å². The average molecular weight is 284 g/mol. The summed E-state index contributed by atoms with van der Waals surface area (Å²) in [5.41, 5.74) is 0.876. The van der Waals surface area contributed by atoms with Gasteiger partial charge >= 0.3 is 5.97 Å². The lowest BCUT2D eigenvalue weighted by Gasteiger charge is -2.32. The summed E-state index contributed by atoms with van der Waals surface area (Å²) in [5, 5.41) is 11.6. The smallest absolute Gasteiger partial charge is 0.303 e. The van der Waals surface area contributed by atoms with Crippen molar-refractivity contribution in [2.45, 2.75) is 38.7 Å². The largest absolute Gasteiger partial charge is 0.481 e. The number of anilines is 1. The summed E-state index contributed by atoms with van der Waals surface area (Å²) < 4.78 is 5.68. The van der Waals surface area contributed by atoms with Crippen molar-refractivity contribution in [1.82, 2.24) is 4.98 Å². The van der Waals surface area contributed by atoms with Crippen molar-refractivity contribution in [2.24, 2.45) is 0 Å². The summed E-state index contributed by atoms with van der Waals surface area (Å²) in [6.45, 7) is 4.67. The molecule has 0 aliphatic carbocycles. The van der Waals surface area contributed by atoms with Crippen molar-refractivity contribution in [3.05, 3.63) is 11.1 Å². The number of hydrogen-bond acceptors (Lipinski definition) is 5. The third-order valence-electron chi connectivity index (χ3n) is 3.19. The molecule has 1 aliphatic heterocycles. The van der Waals surface area contributed by atoms with E-state index >= 15 is 0 Å². The Kier molecular flexibility index (Phi) is 5.15. The number of thiazole rings is 1. The Morgan fingerprint density at radius 3 is 3.26 bits per heavy atom. The molecule has 1 aromatic rings. The number of aromatic nitrogens is 1. The molecule has 1 saturated heterocycles. The molecule has 1 aliphatic rings. The Balaban J connectivity index is 1.92. The molecule has 1 atom stereocenters. The zero-order chi connectivity index (χ0) is 13.7. The topological polar surface area (TPSA) is 62.7 Å². The molecule has 0 bridgehead atoms. The summed E-state index contributed by atoms with van der Waals surface area (Å²) in [4.78, 5) is 17.3. The number of carboxylic acid groups (broad SMARTS) is 1. The van der Waals surface area contributed by atoms with E-state index in [0.29, 0.717) is 12.5 Å². The van der Waals surface area contributed by atoms with Crippen LogP contribution in [0.5, 0.6) is 0 Å². The molecule has 5 nitrogen and oxygen atoms in total. The van der Waals surface area contributed by atoms with Crippen LogP contribution < -0.4 is 4.90 Å². The van der Waals surface area contributed by atoms with Crippen LogP contribution in [0.25, 0.3) is 0 Å². The fraction of sp³-hybridized carbons (Fsp3) is 0.692. The van der Waals surface area contributed by atoms with Crippen molar-refractivity contribution >= 4 is 22.4 Å². The molecule has 1 N–H and O–H groups in total. The molecular weight excluding hydrogens is 264 g/mol. The van der Waals surface area contributed by atoms with Crippen molar-refractivity contribution in [3.8, 4) is 0 Å². The number of hydrogen-bond donors (Lipinski definition) is 1. The zero-order valence-electron chi connectivity index (χ0n) is 11.2. The molecule has 6 heteroatoms. The Labute approximate surface area is 117 Å². The van der Waals surface area contributed by atoms with E-state index in [1.165, 1.54) is 0 Å². The molecule has 1 unspecified atom stereocenters. The maximum absolute atomic E-state index is 10.5. The molecule has 0 radical (unpaired) electrons. The van der Waals surface area contributed by atoms with E-state index in [-0.39, 0.29) is 6.42 Å². The monoisotopic (exact) mass is 284 g/mol. The molecule has 0 saturated carbocycles. The van der Waals surface area contributed by atoms with E-state index in [1.807, 2.05) is 12.3 Å². The highest BCUT2D eigenvalue weighted by Crippen LogP contribution is 2.25. The van der Waals surface area contributed by atoms with Crippen LogP contribution in [0.3, 0.4) is 0 Å². The molecule has 0 spiro atoms. The second kappa shape index (κ2) is 6.86. The van der Waals surface area contributed by atoms with Crippen LogP contribution in [-0.4, -0.2) is 41.9 Å². The van der Waals surface area contributed by atoms with Crippen LogP contribution in [0.15, 0.2) is 5.38 Å². The molecule has 2 rings (SSSR count). The minimum absolute atomic E-state index is 0.144. The number of ether oxygens (including phenoxy) is 1. The number of carbonyl (C=O) groups is 1. The molecule has 2 heterocycles. The van der Waals surface area contributed by atoms with Crippen LogP contribution in [0, 0.1) is 0 Å². The van der Waals surface area contributed by atoms with Crippen LogP contribution in [0.1, 0.15) is 31.9 Å². The Hall–Kier alpha value is -1.14. The van der Waals surface area contributed by atoms with E-state index in [9.17, 15) is 4.79 Å².